The van der Waals surface area contributed by atoms with Crippen LogP contribution in [0.3, 0.4) is 0 Å². The van der Waals surface area contributed by atoms with Gasteiger partial charge in [0.05, 0.1) is 17.5 Å². The van der Waals surface area contributed by atoms with E-state index in [1.54, 1.807) is 24.5 Å². The molecule has 2 aromatic carbocycles. The highest BCUT2D eigenvalue weighted by Crippen LogP contribution is 2.34. The summed E-state index contributed by atoms with van der Waals surface area (Å²) in [4.78, 5) is 30.2. The zero-order chi connectivity index (χ0) is 23.5. The third kappa shape index (κ3) is 4.69. The molecule has 3 heterocycles. The highest BCUT2D eigenvalue weighted by Gasteiger charge is 2.27. The Labute approximate surface area is 198 Å². The number of fused-ring (bicyclic) bond motifs is 1. The second-order valence-corrected chi connectivity index (χ2v) is 8.78. The van der Waals surface area contributed by atoms with Crippen LogP contribution in [0, 0.1) is 0 Å². The third-order valence-electron chi connectivity index (χ3n) is 6.50. The lowest BCUT2D eigenvalue weighted by Gasteiger charge is -2.32. The number of carbonyl (C=O) groups is 2. The van der Waals surface area contributed by atoms with Gasteiger partial charge in [-0.2, -0.15) is 0 Å². The predicted molar refractivity (Wildman–Crippen MR) is 132 cm³/mol. The molecule has 1 saturated heterocycles. The maximum Gasteiger partial charge on any atom is 0.255 e. The highest BCUT2D eigenvalue weighted by molar-refractivity contribution is 6.11. The molecular weight excluding hydrogens is 430 g/mol. The van der Waals surface area contributed by atoms with Crippen molar-refractivity contribution in [3.8, 4) is 11.3 Å². The first-order valence-corrected chi connectivity index (χ1v) is 11.6. The van der Waals surface area contributed by atoms with Crippen molar-refractivity contribution in [3.63, 3.8) is 0 Å². The standard InChI is InChI=1S/C26H29N5O3/c1-30-12-14-31(15-13-30)11-10-27-19-6-4-18(5-7-19)25(32)29-22-9-8-20(23-3-2-16-34-23)21-17-28-26(33)24(21)22/h2-9,16,27H,10-15,17H2,1H3,(H,28,33)(H,29,32). The molecule has 1 aromatic heterocycles. The molecule has 2 amide bonds. The SMILES string of the molecule is CN1CCN(CCNc2ccc(C(=O)Nc3ccc(-c4ccco4)c4c3C(=O)NC4)cc2)CC1. The number of nitrogens with zero attached hydrogens (tertiary/aromatic N) is 2. The van der Waals surface area contributed by atoms with Crippen molar-refractivity contribution in [2.75, 3.05) is 56.9 Å². The van der Waals surface area contributed by atoms with Gasteiger partial charge in [-0.15, -0.1) is 0 Å². The van der Waals surface area contributed by atoms with E-state index in [4.69, 9.17) is 4.42 Å². The quantitative estimate of drug-likeness (QED) is 0.503. The fraction of sp³-hybridized carbons (Fsp3) is 0.308. The molecule has 0 atom stereocenters. The van der Waals surface area contributed by atoms with E-state index in [9.17, 15) is 9.59 Å². The maximum atomic E-state index is 12.9. The number of nitrogens with one attached hydrogen (secondary N) is 3. The molecule has 0 radical (unpaired) electrons. The van der Waals surface area contributed by atoms with Crippen LogP contribution in [0.2, 0.25) is 0 Å². The van der Waals surface area contributed by atoms with Crippen LogP contribution in [0.25, 0.3) is 11.3 Å². The number of benzene rings is 2. The van der Waals surface area contributed by atoms with Gasteiger partial charge in [-0.25, -0.2) is 0 Å². The molecule has 0 aliphatic carbocycles. The zero-order valence-electron chi connectivity index (χ0n) is 19.3. The fourth-order valence-corrected chi connectivity index (χ4v) is 4.48. The summed E-state index contributed by atoms with van der Waals surface area (Å²) in [7, 11) is 2.16. The number of rotatable bonds is 7. The van der Waals surface area contributed by atoms with Gasteiger partial charge in [0.15, 0.2) is 0 Å². The van der Waals surface area contributed by atoms with Crippen LogP contribution in [-0.4, -0.2) is 67.9 Å². The van der Waals surface area contributed by atoms with Crippen molar-refractivity contribution in [2.45, 2.75) is 6.54 Å². The molecule has 3 N–H and O–H groups in total. The Morgan fingerprint density at radius 1 is 1.06 bits per heavy atom. The van der Waals surface area contributed by atoms with Gasteiger partial charge >= 0.3 is 0 Å². The summed E-state index contributed by atoms with van der Waals surface area (Å²) in [6, 6.07) is 14.7. The molecule has 0 saturated carbocycles. The topological polar surface area (TPSA) is 89.8 Å². The first-order valence-electron chi connectivity index (χ1n) is 11.6. The van der Waals surface area contributed by atoms with E-state index < -0.39 is 0 Å². The number of hydrogen-bond acceptors (Lipinski definition) is 6. The first kappa shape index (κ1) is 22.2. The van der Waals surface area contributed by atoms with Crippen molar-refractivity contribution in [1.82, 2.24) is 15.1 Å². The Hall–Kier alpha value is -3.62. The molecule has 0 spiro atoms. The number of likely N-dealkylation sites (N-methyl/N-ethyl adjacent to an activating group) is 1. The minimum absolute atomic E-state index is 0.196. The lowest BCUT2D eigenvalue weighted by atomic mass is 9.99. The second kappa shape index (κ2) is 9.70. The molecule has 176 valence electrons. The summed E-state index contributed by atoms with van der Waals surface area (Å²) in [6.07, 6.45) is 1.60. The van der Waals surface area contributed by atoms with Crippen molar-refractivity contribution >= 4 is 23.2 Å². The van der Waals surface area contributed by atoms with Crippen molar-refractivity contribution in [3.05, 3.63) is 71.5 Å². The number of hydrogen-bond donors (Lipinski definition) is 3. The first-order chi connectivity index (χ1) is 16.6. The van der Waals surface area contributed by atoms with E-state index in [1.807, 2.05) is 30.3 Å². The molecular formula is C26H29N5O3. The summed E-state index contributed by atoms with van der Waals surface area (Å²) in [5.41, 5.74) is 4.19. The van der Waals surface area contributed by atoms with E-state index in [1.165, 1.54) is 0 Å². The number of amides is 2. The van der Waals surface area contributed by atoms with E-state index in [0.29, 0.717) is 29.1 Å². The van der Waals surface area contributed by atoms with Gasteiger partial charge in [-0.1, -0.05) is 0 Å². The fourth-order valence-electron chi connectivity index (χ4n) is 4.48. The second-order valence-electron chi connectivity index (χ2n) is 8.78. The van der Waals surface area contributed by atoms with E-state index in [-0.39, 0.29) is 11.8 Å². The highest BCUT2D eigenvalue weighted by atomic mass is 16.3. The number of anilines is 2. The number of carbonyl (C=O) groups excluding carboxylic acids is 2. The molecule has 34 heavy (non-hydrogen) atoms. The van der Waals surface area contributed by atoms with E-state index >= 15 is 0 Å². The molecule has 5 rings (SSSR count). The van der Waals surface area contributed by atoms with Gasteiger partial charge in [0, 0.05) is 62.6 Å². The average Bonchev–Trinajstić information content (AvgIpc) is 3.52. The predicted octanol–water partition coefficient (Wildman–Crippen LogP) is 3.10. The maximum absolute atomic E-state index is 12.9. The number of piperazine rings is 1. The summed E-state index contributed by atoms with van der Waals surface area (Å²) < 4.78 is 5.51. The van der Waals surface area contributed by atoms with Crippen molar-refractivity contribution in [2.24, 2.45) is 0 Å². The lowest BCUT2D eigenvalue weighted by Crippen LogP contribution is -2.45. The summed E-state index contributed by atoms with van der Waals surface area (Å²) in [5.74, 6) is 0.247. The number of furan rings is 1. The minimum atomic E-state index is -0.253. The van der Waals surface area contributed by atoms with Gasteiger partial charge in [-0.3, -0.25) is 14.5 Å². The van der Waals surface area contributed by atoms with Gasteiger partial charge in [-0.05, 0) is 61.1 Å². The molecule has 1 fully saturated rings. The summed E-state index contributed by atoms with van der Waals surface area (Å²) in [5, 5.41) is 9.19. The Bertz CT molecular complexity index is 1170. The Balaban J connectivity index is 1.22. The normalized spacial score (nSPS) is 16.2. The van der Waals surface area contributed by atoms with Crippen molar-refractivity contribution < 1.29 is 14.0 Å². The molecule has 2 aliphatic rings. The Morgan fingerprint density at radius 2 is 1.85 bits per heavy atom. The largest absolute Gasteiger partial charge is 0.464 e. The van der Waals surface area contributed by atoms with E-state index in [0.717, 1.165) is 56.1 Å². The molecule has 2 aliphatic heterocycles. The van der Waals surface area contributed by atoms with Crippen LogP contribution in [0.5, 0.6) is 0 Å². The van der Waals surface area contributed by atoms with Gasteiger partial charge < -0.3 is 25.3 Å². The molecule has 0 unspecified atom stereocenters. The molecule has 8 nitrogen and oxygen atoms in total. The Kier molecular flexibility index (Phi) is 6.33. The summed E-state index contributed by atoms with van der Waals surface area (Å²) in [6.45, 7) is 6.68. The minimum Gasteiger partial charge on any atom is -0.464 e. The van der Waals surface area contributed by atoms with E-state index in [2.05, 4.69) is 32.8 Å². The molecule has 8 heteroatoms. The Morgan fingerprint density at radius 3 is 2.59 bits per heavy atom. The summed E-state index contributed by atoms with van der Waals surface area (Å²) >= 11 is 0. The smallest absolute Gasteiger partial charge is 0.255 e. The molecule has 3 aromatic rings. The van der Waals surface area contributed by atoms with Crippen LogP contribution >= 0.6 is 0 Å². The zero-order valence-corrected chi connectivity index (χ0v) is 19.3. The van der Waals surface area contributed by atoms with Gasteiger partial charge in [0.1, 0.15) is 5.76 Å². The molecule has 0 bridgehead atoms. The average molecular weight is 460 g/mol. The lowest BCUT2D eigenvalue weighted by molar-refractivity contribution is 0.0966. The van der Waals surface area contributed by atoms with Crippen LogP contribution in [0.1, 0.15) is 26.3 Å². The monoisotopic (exact) mass is 459 g/mol. The van der Waals surface area contributed by atoms with Crippen LogP contribution in [-0.2, 0) is 6.54 Å². The van der Waals surface area contributed by atoms with Crippen LogP contribution in [0.15, 0.2) is 59.2 Å². The van der Waals surface area contributed by atoms with Gasteiger partial charge in [0.2, 0.25) is 0 Å². The third-order valence-corrected chi connectivity index (χ3v) is 6.50. The van der Waals surface area contributed by atoms with Crippen molar-refractivity contribution in [1.29, 1.82) is 0 Å². The van der Waals surface area contributed by atoms with Crippen LogP contribution in [0.4, 0.5) is 11.4 Å². The van der Waals surface area contributed by atoms with Crippen LogP contribution < -0.4 is 16.0 Å². The van der Waals surface area contributed by atoms with Gasteiger partial charge in [0.25, 0.3) is 11.8 Å².